The second-order valence-electron chi connectivity index (χ2n) is 9.04. The summed E-state index contributed by atoms with van der Waals surface area (Å²) in [6.07, 6.45) is 0. The van der Waals surface area contributed by atoms with E-state index in [1.165, 1.54) is 6.07 Å². The molecule has 2 heterocycles. The maximum Gasteiger partial charge on any atom is 0.352 e. The summed E-state index contributed by atoms with van der Waals surface area (Å²) in [5.74, 6) is -4.26. The standard InChI is InChI=1S/C28H23FN4O4/c1-12-6-9-18(29)24-20(12)21(13(2)32-24)23(27(31)35)22-17-8-7-15(11-19(17)33-25(22)28(36)37)14-4-3-5-16(10-14)26(30)34/h3-11,23,32-33H,1-2H3,(H2,30,34)(H2,31,35)(H,36,37). The van der Waals surface area contributed by atoms with Crippen molar-refractivity contribution in [3.63, 3.8) is 0 Å². The minimum atomic E-state index is -1.27. The number of H-pyrrole nitrogens is 2. The summed E-state index contributed by atoms with van der Waals surface area (Å²) < 4.78 is 14.6. The Morgan fingerprint density at radius 2 is 1.65 bits per heavy atom. The summed E-state index contributed by atoms with van der Waals surface area (Å²) in [6.45, 7) is 3.49. The Balaban J connectivity index is 1.78. The summed E-state index contributed by atoms with van der Waals surface area (Å²) in [4.78, 5) is 42.8. The molecular formula is C28H23FN4O4. The van der Waals surface area contributed by atoms with Gasteiger partial charge in [-0.25, -0.2) is 9.18 Å². The lowest BCUT2D eigenvalue weighted by Gasteiger charge is -2.16. The number of carbonyl (C=O) groups excluding carboxylic acids is 2. The molecular weight excluding hydrogens is 475 g/mol. The lowest BCUT2D eigenvalue weighted by molar-refractivity contribution is -0.118. The van der Waals surface area contributed by atoms with Crippen molar-refractivity contribution < 1.29 is 23.9 Å². The molecule has 2 amide bonds. The number of fused-ring (bicyclic) bond motifs is 2. The highest BCUT2D eigenvalue weighted by Crippen LogP contribution is 2.41. The number of carboxylic acids is 1. The molecule has 0 radical (unpaired) electrons. The van der Waals surface area contributed by atoms with Crippen molar-refractivity contribution in [2.24, 2.45) is 11.5 Å². The van der Waals surface area contributed by atoms with Gasteiger partial charge in [0.2, 0.25) is 11.8 Å². The van der Waals surface area contributed by atoms with E-state index >= 15 is 0 Å². The van der Waals surface area contributed by atoms with Gasteiger partial charge in [-0.2, -0.15) is 0 Å². The first-order chi connectivity index (χ1) is 17.6. The van der Waals surface area contributed by atoms with Gasteiger partial charge in [-0.05, 0) is 60.4 Å². The fourth-order valence-electron chi connectivity index (χ4n) is 5.10. The molecule has 0 saturated heterocycles. The number of nitrogens with two attached hydrogens (primary N) is 2. The molecule has 5 rings (SSSR count). The van der Waals surface area contributed by atoms with Crippen LogP contribution in [0, 0.1) is 19.7 Å². The van der Waals surface area contributed by atoms with Crippen LogP contribution in [-0.4, -0.2) is 32.9 Å². The Morgan fingerprint density at radius 3 is 2.32 bits per heavy atom. The van der Waals surface area contributed by atoms with Crippen molar-refractivity contribution in [1.29, 1.82) is 0 Å². The number of aryl methyl sites for hydroxylation is 2. The number of primary amides is 2. The minimum absolute atomic E-state index is 0.190. The molecule has 0 bridgehead atoms. The molecule has 2 aromatic heterocycles. The van der Waals surface area contributed by atoms with Crippen molar-refractivity contribution in [1.82, 2.24) is 9.97 Å². The van der Waals surface area contributed by atoms with Crippen molar-refractivity contribution in [3.05, 3.63) is 94.1 Å². The average Bonchev–Trinajstić information content (AvgIpc) is 3.41. The van der Waals surface area contributed by atoms with Crippen LogP contribution in [0.2, 0.25) is 0 Å². The van der Waals surface area contributed by atoms with Gasteiger partial charge in [-0.1, -0.05) is 30.3 Å². The maximum absolute atomic E-state index is 14.6. The van der Waals surface area contributed by atoms with E-state index < -0.39 is 29.5 Å². The first kappa shape index (κ1) is 23.8. The molecule has 186 valence electrons. The molecule has 0 aliphatic rings. The summed E-state index contributed by atoms with van der Waals surface area (Å²) in [6, 6.07) is 14.9. The summed E-state index contributed by atoms with van der Waals surface area (Å²) in [7, 11) is 0. The second-order valence-corrected chi connectivity index (χ2v) is 9.04. The summed E-state index contributed by atoms with van der Waals surface area (Å²) >= 11 is 0. The van der Waals surface area contributed by atoms with Crippen LogP contribution in [-0.2, 0) is 4.79 Å². The predicted molar refractivity (Wildman–Crippen MR) is 138 cm³/mol. The molecule has 37 heavy (non-hydrogen) atoms. The third-order valence-corrected chi connectivity index (χ3v) is 6.74. The number of amides is 2. The number of hydrogen-bond donors (Lipinski definition) is 5. The van der Waals surface area contributed by atoms with Crippen LogP contribution in [0.5, 0.6) is 0 Å². The average molecular weight is 499 g/mol. The highest BCUT2D eigenvalue weighted by atomic mass is 19.1. The molecule has 8 nitrogen and oxygen atoms in total. The molecule has 0 aliphatic carbocycles. The van der Waals surface area contributed by atoms with Crippen LogP contribution in [0.1, 0.15) is 49.1 Å². The smallest absolute Gasteiger partial charge is 0.352 e. The molecule has 3 aromatic carbocycles. The number of carbonyl (C=O) groups is 3. The number of hydrogen-bond acceptors (Lipinski definition) is 3. The van der Waals surface area contributed by atoms with Gasteiger partial charge in [-0.3, -0.25) is 9.59 Å². The third kappa shape index (κ3) is 3.81. The number of aromatic carboxylic acids is 1. The van der Waals surface area contributed by atoms with E-state index in [1.54, 1.807) is 62.4 Å². The van der Waals surface area contributed by atoms with E-state index in [2.05, 4.69) is 9.97 Å². The Labute approximate surface area is 210 Å². The predicted octanol–water partition coefficient (Wildman–Crippen LogP) is 4.49. The van der Waals surface area contributed by atoms with E-state index in [-0.39, 0.29) is 16.8 Å². The third-order valence-electron chi connectivity index (χ3n) is 6.74. The van der Waals surface area contributed by atoms with Gasteiger partial charge >= 0.3 is 5.97 Å². The summed E-state index contributed by atoms with van der Waals surface area (Å²) in [5, 5.41) is 11.0. The second kappa shape index (κ2) is 8.63. The number of halogens is 1. The molecule has 1 unspecified atom stereocenters. The van der Waals surface area contributed by atoms with E-state index in [0.717, 1.165) is 5.56 Å². The van der Waals surface area contributed by atoms with Crippen LogP contribution >= 0.6 is 0 Å². The lowest BCUT2D eigenvalue weighted by Crippen LogP contribution is -2.24. The van der Waals surface area contributed by atoms with Crippen LogP contribution in [0.15, 0.2) is 54.6 Å². The zero-order valence-corrected chi connectivity index (χ0v) is 20.0. The van der Waals surface area contributed by atoms with E-state index in [0.29, 0.717) is 44.2 Å². The molecule has 7 N–H and O–H groups in total. The maximum atomic E-state index is 14.6. The highest BCUT2D eigenvalue weighted by molar-refractivity contribution is 6.06. The summed E-state index contributed by atoms with van der Waals surface area (Å²) in [5.41, 5.74) is 15.4. The quantitative estimate of drug-likeness (QED) is 0.234. The van der Waals surface area contributed by atoms with Gasteiger partial charge in [-0.15, -0.1) is 0 Å². The Hall–Kier alpha value is -4.92. The van der Waals surface area contributed by atoms with Crippen LogP contribution < -0.4 is 11.5 Å². The van der Waals surface area contributed by atoms with E-state index in [9.17, 15) is 23.9 Å². The SMILES string of the molecule is Cc1[nH]c2c(F)ccc(C)c2c1C(C(N)=O)c1c(C(=O)O)[nH]c2cc(-c3cccc(C(N)=O)c3)ccc12. The van der Waals surface area contributed by atoms with Crippen molar-refractivity contribution >= 4 is 39.6 Å². The Morgan fingerprint density at radius 1 is 0.919 bits per heavy atom. The molecule has 0 fully saturated rings. The fourth-order valence-corrected chi connectivity index (χ4v) is 5.10. The van der Waals surface area contributed by atoms with Gasteiger partial charge in [0.25, 0.3) is 0 Å². The van der Waals surface area contributed by atoms with Gasteiger partial charge in [0.15, 0.2) is 0 Å². The van der Waals surface area contributed by atoms with Crippen LogP contribution in [0.25, 0.3) is 32.9 Å². The number of carboxylic acid groups (broad SMARTS) is 1. The van der Waals surface area contributed by atoms with Crippen LogP contribution in [0.3, 0.4) is 0 Å². The minimum Gasteiger partial charge on any atom is -0.477 e. The lowest BCUT2D eigenvalue weighted by atomic mass is 9.85. The molecule has 0 aliphatic heterocycles. The van der Waals surface area contributed by atoms with E-state index in [4.69, 9.17) is 11.5 Å². The number of rotatable bonds is 6. The first-order valence-electron chi connectivity index (χ1n) is 11.4. The number of benzene rings is 3. The fraction of sp³-hybridized carbons (Fsp3) is 0.107. The largest absolute Gasteiger partial charge is 0.477 e. The molecule has 5 aromatic rings. The Kier molecular flexibility index (Phi) is 5.55. The van der Waals surface area contributed by atoms with Crippen molar-refractivity contribution in [3.8, 4) is 11.1 Å². The first-order valence-corrected chi connectivity index (χ1v) is 11.4. The van der Waals surface area contributed by atoms with Crippen LogP contribution in [0.4, 0.5) is 4.39 Å². The monoisotopic (exact) mass is 498 g/mol. The van der Waals surface area contributed by atoms with Gasteiger partial charge in [0.1, 0.15) is 11.5 Å². The number of nitrogens with one attached hydrogen (secondary N) is 2. The highest BCUT2D eigenvalue weighted by Gasteiger charge is 2.33. The molecule has 0 saturated carbocycles. The normalized spacial score (nSPS) is 12.2. The molecule has 1 atom stereocenters. The van der Waals surface area contributed by atoms with Gasteiger partial charge in [0.05, 0.1) is 11.4 Å². The number of aromatic nitrogens is 2. The van der Waals surface area contributed by atoms with E-state index in [1.807, 2.05) is 0 Å². The molecule has 0 spiro atoms. The van der Waals surface area contributed by atoms with Gasteiger partial charge in [0, 0.05) is 33.1 Å². The molecule has 9 heteroatoms. The van der Waals surface area contributed by atoms with Crippen molar-refractivity contribution in [2.75, 3.05) is 0 Å². The topological polar surface area (TPSA) is 155 Å². The Bertz CT molecular complexity index is 1770. The number of aromatic amines is 2. The van der Waals surface area contributed by atoms with Crippen molar-refractivity contribution in [2.45, 2.75) is 19.8 Å². The zero-order valence-electron chi connectivity index (χ0n) is 20.0. The van der Waals surface area contributed by atoms with Gasteiger partial charge < -0.3 is 26.5 Å². The zero-order chi connectivity index (χ0) is 26.6.